The van der Waals surface area contributed by atoms with E-state index in [1.807, 2.05) is 6.92 Å². The molecule has 0 radical (unpaired) electrons. The van der Waals surface area contributed by atoms with Crippen molar-refractivity contribution >= 4 is 17.6 Å². The minimum atomic E-state index is -4.86. The molecule has 0 spiro atoms. The summed E-state index contributed by atoms with van der Waals surface area (Å²) in [4.78, 5) is 16.2. The number of nitrogens with zero attached hydrogens (tertiary/aromatic N) is 1. The molecule has 8 heteroatoms. The summed E-state index contributed by atoms with van der Waals surface area (Å²) in [6.45, 7) is 5.43. The van der Waals surface area contributed by atoms with Crippen LogP contribution < -0.4 is 0 Å². The van der Waals surface area contributed by atoms with Crippen LogP contribution in [0.15, 0.2) is 65.7 Å². The quantitative estimate of drug-likeness (QED) is 0.360. The van der Waals surface area contributed by atoms with Gasteiger partial charge in [-0.1, -0.05) is 50.2 Å². The number of alkyl halides is 3. The summed E-state index contributed by atoms with van der Waals surface area (Å²) in [5, 5.41) is 0. The van der Waals surface area contributed by atoms with Crippen molar-refractivity contribution in [3.05, 3.63) is 66.2 Å². The highest BCUT2D eigenvalue weighted by Gasteiger charge is 2.48. The molecule has 5 atom stereocenters. The van der Waals surface area contributed by atoms with E-state index in [1.165, 1.54) is 12.1 Å². The van der Waals surface area contributed by atoms with Crippen LogP contribution in [0, 0.1) is 11.8 Å². The number of ether oxygens (including phenoxy) is 3. The van der Waals surface area contributed by atoms with Crippen LogP contribution in [-0.4, -0.2) is 36.5 Å². The zero-order valence-corrected chi connectivity index (χ0v) is 17.4. The molecule has 0 aromatic heterocycles. The number of benzene rings is 2. The number of carbonyl (C=O) groups is 1. The van der Waals surface area contributed by atoms with Crippen molar-refractivity contribution in [2.45, 2.75) is 45.4 Å². The lowest BCUT2D eigenvalue weighted by molar-refractivity contribution is -0.245. The number of hydrogen-bond acceptors (Lipinski definition) is 5. The van der Waals surface area contributed by atoms with Crippen molar-refractivity contribution in [1.29, 1.82) is 0 Å². The van der Waals surface area contributed by atoms with E-state index in [-0.39, 0.29) is 23.1 Å². The summed E-state index contributed by atoms with van der Waals surface area (Å²) in [5.74, 6) is -2.51. The smallest absolute Gasteiger partial charge is 0.452 e. The van der Waals surface area contributed by atoms with Crippen LogP contribution in [0.4, 0.5) is 18.9 Å². The Bertz CT molecular complexity index is 902. The lowest BCUT2D eigenvalue weighted by Crippen LogP contribution is -2.52. The predicted octanol–water partition coefficient (Wildman–Crippen LogP) is 5.54. The van der Waals surface area contributed by atoms with Crippen LogP contribution in [0.5, 0.6) is 0 Å². The van der Waals surface area contributed by atoms with Crippen molar-refractivity contribution in [3.63, 3.8) is 0 Å². The van der Waals surface area contributed by atoms with Gasteiger partial charge in [-0.25, -0.2) is 9.79 Å². The molecule has 1 aliphatic heterocycles. The Balaban J connectivity index is 1.89. The second-order valence-corrected chi connectivity index (χ2v) is 7.53. The fourth-order valence-corrected chi connectivity index (χ4v) is 3.30. The molecule has 5 nitrogen and oxygen atoms in total. The Morgan fingerprint density at radius 1 is 0.903 bits per heavy atom. The number of halogens is 3. The first kappa shape index (κ1) is 22.8. The molecule has 0 bridgehead atoms. The average Bonchev–Trinajstić information content (AvgIpc) is 2.75. The number of rotatable bonds is 4. The highest BCUT2D eigenvalue weighted by molar-refractivity contribution is 5.89. The standard InChI is InChI=1S/C23H24F3NO4/c1-14-15(2)19(30-20(28)17-10-6-4-7-11-17)21(29-16(14)3)31-22(23(24,25)26)27-18-12-8-5-9-13-18/h4-16,19,21H,1-3H3/t14-,15+,16?,19?,21+/m1/s1. The monoisotopic (exact) mass is 435 g/mol. The number of aliphatic imine (C=N–C) groups is 1. The SMILES string of the molecule is CC1O[C@@H](OC(=Nc2ccccc2)C(F)(F)F)C(OC(=O)c2ccccc2)[C@@H](C)[C@H]1C. The van der Waals surface area contributed by atoms with Gasteiger partial charge >= 0.3 is 12.1 Å². The molecule has 0 N–H and O–H groups in total. The van der Waals surface area contributed by atoms with Crippen molar-refractivity contribution in [2.75, 3.05) is 0 Å². The lowest BCUT2D eigenvalue weighted by Gasteiger charge is -2.42. The highest BCUT2D eigenvalue weighted by atomic mass is 19.4. The molecule has 31 heavy (non-hydrogen) atoms. The maximum atomic E-state index is 13.7. The van der Waals surface area contributed by atoms with Crippen LogP contribution in [0.2, 0.25) is 0 Å². The van der Waals surface area contributed by atoms with E-state index < -0.39 is 36.5 Å². The van der Waals surface area contributed by atoms with E-state index in [4.69, 9.17) is 14.2 Å². The van der Waals surface area contributed by atoms with Crippen molar-refractivity contribution in [2.24, 2.45) is 16.8 Å². The summed E-state index contributed by atoms with van der Waals surface area (Å²) in [7, 11) is 0. The molecule has 3 rings (SSSR count). The van der Waals surface area contributed by atoms with Gasteiger partial charge in [0.1, 0.15) is 0 Å². The molecule has 0 amide bonds. The van der Waals surface area contributed by atoms with Gasteiger partial charge < -0.3 is 14.2 Å². The Morgan fingerprint density at radius 3 is 2.06 bits per heavy atom. The molecule has 1 aliphatic rings. The minimum Gasteiger partial charge on any atom is -0.452 e. The Labute approximate surface area is 178 Å². The van der Waals surface area contributed by atoms with Crippen LogP contribution in [-0.2, 0) is 14.2 Å². The van der Waals surface area contributed by atoms with Crippen LogP contribution in [0.1, 0.15) is 31.1 Å². The number of para-hydroxylation sites is 1. The van der Waals surface area contributed by atoms with Crippen molar-refractivity contribution < 1.29 is 32.2 Å². The van der Waals surface area contributed by atoms with E-state index in [0.29, 0.717) is 0 Å². The highest BCUT2D eigenvalue weighted by Crippen LogP contribution is 2.35. The van der Waals surface area contributed by atoms with Gasteiger partial charge in [0.05, 0.1) is 17.4 Å². The summed E-state index contributed by atoms with van der Waals surface area (Å²) in [6.07, 6.45) is -7.78. The Kier molecular flexibility index (Phi) is 7.00. The third-order valence-corrected chi connectivity index (χ3v) is 5.41. The van der Waals surface area contributed by atoms with Gasteiger partial charge in [0.2, 0.25) is 6.29 Å². The Morgan fingerprint density at radius 2 is 1.48 bits per heavy atom. The first-order chi connectivity index (χ1) is 14.7. The van der Waals surface area contributed by atoms with Crippen LogP contribution >= 0.6 is 0 Å². The fraction of sp³-hybridized carbons (Fsp3) is 0.391. The van der Waals surface area contributed by atoms with E-state index in [9.17, 15) is 18.0 Å². The predicted molar refractivity (Wildman–Crippen MR) is 109 cm³/mol. The third kappa shape index (κ3) is 5.64. The van der Waals surface area contributed by atoms with Crippen LogP contribution in [0.25, 0.3) is 0 Å². The van der Waals surface area contributed by atoms with E-state index in [2.05, 4.69) is 4.99 Å². The maximum Gasteiger partial charge on any atom is 0.468 e. The summed E-state index contributed by atoms with van der Waals surface area (Å²) in [6, 6.07) is 15.9. The van der Waals surface area contributed by atoms with Gasteiger partial charge in [0.25, 0.3) is 5.90 Å². The van der Waals surface area contributed by atoms with E-state index in [1.54, 1.807) is 62.4 Å². The number of hydrogen-bond donors (Lipinski definition) is 0. The lowest BCUT2D eigenvalue weighted by atomic mass is 9.84. The minimum absolute atomic E-state index is 0.0752. The summed E-state index contributed by atoms with van der Waals surface area (Å²) < 4.78 is 57.5. The first-order valence-corrected chi connectivity index (χ1v) is 9.96. The van der Waals surface area contributed by atoms with Gasteiger partial charge in [-0.15, -0.1) is 0 Å². The molecule has 2 aromatic carbocycles. The number of esters is 1. The molecule has 1 heterocycles. The molecule has 166 valence electrons. The van der Waals surface area contributed by atoms with Gasteiger partial charge in [0, 0.05) is 5.92 Å². The van der Waals surface area contributed by atoms with E-state index >= 15 is 0 Å². The molecule has 0 aliphatic carbocycles. The van der Waals surface area contributed by atoms with Crippen molar-refractivity contribution in [3.8, 4) is 0 Å². The molecule has 2 aromatic rings. The van der Waals surface area contributed by atoms with Gasteiger partial charge in [0.15, 0.2) is 6.10 Å². The third-order valence-electron chi connectivity index (χ3n) is 5.41. The second-order valence-electron chi connectivity index (χ2n) is 7.53. The summed E-state index contributed by atoms with van der Waals surface area (Å²) in [5.41, 5.74) is 0.367. The molecule has 1 saturated heterocycles. The maximum absolute atomic E-state index is 13.7. The number of carbonyl (C=O) groups excluding carboxylic acids is 1. The molecule has 0 saturated carbocycles. The normalized spacial score (nSPS) is 26.9. The Hall–Kier alpha value is -2.87. The van der Waals surface area contributed by atoms with Gasteiger partial charge in [-0.3, -0.25) is 0 Å². The second kappa shape index (κ2) is 9.51. The molecule has 1 fully saturated rings. The van der Waals surface area contributed by atoms with Gasteiger partial charge in [-0.05, 0) is 37.1 Å². The molecular formula is C23H24F3NO4. The van der Waals surface area contributed by atoms with Crippen LogP contribution in [0.3, 0.4) is 0 Å². The average molecular weight is 435 g/mol. The fourth-order valence-electron chi connectivity index (χ4n) is 3.30. The van der Waals surface area contributed by atoms with Gasteiger partial charge in [-0.2, -0.15) is 13.2 Å². The first-order valence-electron chi connectivity index (χ1n) is 9.96. The molecule has 2 unspecified atom stereocenters. The van der Waals surface area contributed by atoms with Crippen molar-refractivity contribution in [1.82, 2.24) is 0 Å². The topological polar surface area (TPSA) is 57.1 Å². The zero-order chi connectivity index (χ0) is 22.6. The van der Waals surface area contributed by atoms with E-state index in [0.717, 1.165) is 0 Å². The largest absolute Gasteiger partial charge is 0.468 e. The summed E-state index contributed by atoms with van der Waals surface area (Å²) >= 11 is 0. The zero-order valence-electron chi connectivity index (χ0n) is 17.4. The molecular weight excluding hydrogens is 411 g/mol.